The fourth-order valence-electron chi connectivity index (χ4n) is 3.09. The summed E-state index contributed by atoms with van der Waals surface area (Å²) in [6, 6.07) is 0. The Labute approximate surface area is 126 Å². The van der Waals surface area contributed by atoms with Crippen LogP contribution in [0.3, 0.4) is 0 Å². The monoisotopic (exact) mass is 297 g/mol. The van der Waals surface area contributed by atoms with E-state index >= 15 is 0 Å². The van der Waals surface area contributed by atoms with E-state index in [4.69, 9.17) is 4.74 Å². The average Bonchev–Trinajstić information content (AvgIpc) is 2.99. The van der Waals surface area contributed by atoms with Crippen molar-refractivity contribution in [3.05, 3.63) is 0 Å². The van der Waals surface area contributed by atoms with Gasteiger partial charge in [0.15, 0.2) is 0 Å². The first-order chi connectivity index (χ1) is 10.1. The number of nitrogens with zero attached hydrogens (tertiary/aromatic N) is 1. The van der Waals surface area contributed by atoms with Gasteiger partial charge in [-0.05, 0) is 18.9 Å². The highest BCUT2D eigenvalue weighted by Gasteiger charge is 2.43. The molecule has 0 spiro atoms. The van der Waals surface area contributed by atoms with Crippen molar-refractivity contribution in [2.45, 2.75) is 26.7 Å². The van der Waals surface area contributed by atoms with Crippen molar-refractivity contribution in [3.8, 4) is 0 Å². The van der Waals surface area contributed by atoms with Crippen LogP contribution in [0.2, 0.25) is 0 Å². The molecule has 21 heavy (non-hydrogen) atoms. The highest BCUT2D eigenvalue weighted by molar-refractivity contribution is 5.84. The van der Waals surface area contributed by atoms with E-state index in [1.54, 1.807) is 0 Å². The van der Waals surface area contributed by atoms with Crippen LogP contribution in [-0.4, -0.2) is 62.7 Å². The first kappa shape index (κ1) is 16.2. The molecule has 0 aromatic heterocycles. The summed E-state index contributed by atoms with van der Waals surface area (Å²) in [4.78, 5) is 26.3. The van der Waals surface area contributed by atoms with Crippen LogP contribution in [0.25, 0.3) is 0 Å². The van der Waals surface area contributed by atoms with E-state index in [1.807, 2.05) is 4.90 Å². The lowest BCUT2D eigenvalue weighted by Crippen LogP contribution is -2.47. The minimum atomic E-state index is -0.317. The van der Waals surface area contributed by atoms with Crippen LogP contribution in [0.4, 0.5) is 0 Å². The second-order valence-electron chi connectivity index (χ2n) is 6.24. The predicted octanol–water partition coefficient (Wildman–Crippen LogP) is -0.0128. The van der Waals surface area contributed by atoms with E-state index in [1.165, 1.54) is 0 Å². The van der Waals surface area contributed by atoms with E-state index in [-0.39, 0.29) is 17.2 Å². The molecule has 0 bridgehead atoms. The fraction of sp³-hybridized carbons (Fsp3) is 0.867. The predicted molar refractivity (Wildman–Crippen MR) is 79.8 cm³/mol. The number of morpholine rings is 1. The second kappa shape index (κ2) is 7.22. The van der Waals surface area contributed by atoms with Gasteiger partial charge in [-0.25, -0.2) is 0 Å². The van der Waals surface area contributed by atoms with Gasteiger partial charge in [0.25, 0.3) is 0 Å². The Morgan fingerprint density at radius 1 is 1.33 bits per heavy atom. The van der Waals surface area contributed by atoms with Crippen LogP contribution in [0.5, 0.6) is 0 Å². The zero-order valence-corrected chi connectivity index (χ0v) is 13.1. The quantitative estimate of drug-likeness (QED) is 0.749. The summed E-state index contributed by atoms with van der Waals surface area (Å²) in [5.41, 5.74) is -0.317. The Morgan fingerprint density at radius 2 is 2.05 bits per heavy atom. The van der Waals surface area contributed by atoms with Crippen LogP contribution >= 0.6 is 0 Å². The molecule has 0 aromatic rings. The number of hydrogen-bond acceptors (Lipinski definition) is 4. The molecule has 6 heteroatoms. The van der Waals surface area contributed by atoms with Gasteiger partial charge in [0.2, 0.25) is 11.8 Å². The molecule has 2 saturated heterocycles. The largest absolute Gasteiger partial charge is 0.378 e. The normalized spacial score (nSPS) is 26.1. The number of ether oxygens (including phenoxy) is 1. The summed E-state index contributed by atoms with van der Waals surface area (Å²) >= 11 is 0. The summed E-state index contributed by atoms with van der Waals surface area (Å²) in [6.45, 7) is 8.76. The van der Waals surface area contributed by atoms with Crippen LogP contribution < -0.4 is 10.6 Å². The summed E-state index contributed by atoms with van der Waals surface area (Å²) in [6.07, 6.45) is 1.24. The zero-order chi connectivity index (χ0) is 15.3. The lowest BCUT2D eigenvalue weighted by Gasteiger charge is -2.31. The van der Waals surface area contributed by atoms with Crippen LogP contribution in [-0.2, 0) is 14.3 Å². The van der Waals surface area contributed by atoms with Crippen LogP contribution in [0.15, 0.2) is 0 Å². The van der Waals surface area contributed by atoms with Gasteiger partial charge >= 0.3 is 0 Å². The lowest BCUT2D eigenvalue weighted by molar-refractivity contribution is -0.135. The molecule has 0 aliphatic carbocycles. The molecule has 6 nitrogen and oxygen atoms in total. The third-order valence-corrected chi connectivity index (χ3v) is 4.73. The summed E-state index contributed by atoms with van der Waals surface area (Å²) < 4.78 is 5.23. The maximum Gasteiger partial charge on any atom is 0.227 e. The van der Waals surface area contributed by atoms with E-state index < -0.39 is 0 Å². The topological polar surface area (TPSA) is 70.7 Å². The maximum atomic E-state index is 12.5. The maximum absolute atomic E-state index is 12.5. The molecular formula is C15H27N3O3. The molecule has 2 rings (SSSR count). The summed E-state index contributed by atoms with van der Waals surface area (Å²) in [5.74, 6) is 0.474. The number of rotatable bonds is 5. The van der Waals surface area contributed by atoms with Crippen LogP contribution in [0, 0.1) is 11.3 Å². The van der Waals surface area contributed by atoms with Crippen molar-refractivity contribution < 1.29 is 14.3 Å². The Bertz CT molecular complexity index is 372. The van der Waals surface area contributed by atoms with Crippen molar-refractivity contribution in [1.82, 2.24) is 15.5 Å². The smallest absolute Gasteiger partial charge is 0.227 e. The molecule has 1 atom stereocenters. The minimum absolute atomic E-state index is 0.0808. The molecule has 2 heterocycles. The van der Waals surface area contributed by atoms with Crippen LogP contribution in [0.1, 0.15) is 26.7 Å². The Morgan fingerprint density at radius 3 is 2.62 bits per heavy atom. The van der Waals surface area contributed by atoms with Crippen molar-refractivity contribution in [3.63, 3.8) is 0 Å². The molecule has 2 fully saturated rings. The average molecular weight is 297 g/mol. The van der Waals surface area contributed by atoms with Gasteiger partial charge in [-0.15, -0.1) is 0 Å². The number of carbonyl (C=O) groups excluding carboxylic acids is 2. The van der Waals surface area contributed by atoms with E-state index in [2.05, 4.69) is 24.5 Å². The van der Waals surface area contributed by atoms with E-state index in [0.29, 0.717) is 45.2 Å². The van der Waals surface area contributed by atoms with Crippen molar-refractivity contribution in [1.29, 1.82) is 0 Å². The standard InChI is InChI=1S/C15H27N3O3/c1-12(2)15(4-6-16-11-15)14(20)17-5-3-13(19)18-7-9-21-10-8-18/h12,16H,3-11H2,1-2H3,(H,17,20). The third-order valence-electron chi connectivity index (χ3n) is 4.73. The highest BCUT2D eigenvalue weighted by Crippen LogP contribution is 2.34. The fourth-order valence-corrected chi connectivity index (χ4v) is 3.09. The Hall–Kier alpha value is -1.14. The Kier molecular flexibility index (Phi) is 5.58. The van der Waals surface area contributed by atoms with Gasteiger partial charge in [0.05, 0.1) is 18.6 Å². The summed E-state index contributed by atoms with van der Waals surface area (Å²) in [5, 5.41) is 6.24. The van der Waals surface area contributed by atoms with E-state index in [0.717, 1.165) is 19.5 Å². The molecule has 2 aliphatic heterocycles. The Balaban J connectivity index is 1.77. The first-order valence-corrected chi connectivity index (χ1v) is 7.91. The number of nitrogens with one attached hydrogen (secondary N) is 2. The first-order valence-electron chi connectivity index (χ1n) is 7.91. The SMILES string of the molecule is CC(C)C1(C(=O)NCCC(=O)N2CCOCC2)CCNC1. The molecular weight excluding hydrogens is 270 g/mol. The van der Waals surface area contributed by atoms with Crippen molar-refractivity contribution in [2.75, 3.05) is 45.9 Å². The molecule has 120 valence electrons. The summed E-state index contributed by atoms with van der Waals surface area (Å²) in [7, 11) is 0. The zero-order valence-electron chi connectivity index (χ0n) is 13.1. The molecule has 2 amide bonds. The number of amides is 2. The lowest BCUT2D eigenvalue weighted by atomic mass is 9.75. The second-order valence-corrected chi connectivity index (χ2v) is 6.24. The van der Waals surface area contributed by atoms with Gasteiger partial charge in [-0.2, -0.15) is 0 Å². The van der Waals surface area contributed by atoms with Crippen molar-refractivity contribution >= 4 is 11.8 Å². The van der Waals surface area contributed by atoms with E-state index in [9.17, 15) is 9.59 Å². The van der Waals surface area contributed by atoms with Crippen molar-refractivity contribution in [2.24, 2.45) is 11.3 Å². The van der Waals surface area contributed by atoms with Gasteiger partial charge < -0.3 is 20.3 Å². The third kappa shape index (κ3) is 3.74. The molecule has 0 saturated carbocycles. The molecule has 2 N–H and O–H groups in total. The molecule has 0 aromatic carbocycles. The van der Waals surface area contributed by atoms with Gasteiger partial charge in [0.1, 0.15) is 0 Å². The molecule has 0 radical (unpaired) electrons. The number of hydrogen-bond donors (Lipinski definition) is 2. The molecule has 2 aliphatic rings. The minimum Gasteiger partial charge on any atom is -0.378 e. The molecule has 1 unspecified atom stereocenters. The number of carbonyl (C=O) groups is 2. The van der Waals surface area contributed by atoms with Gasteiger partial charge in [-0.1, -0.05) is 13.8 Å². The highest BCUT2D eigenvalue weighted by atomic mass is 16.5. The van der Waals surface area contributed by atoms with Gasteiger partial charge in [0, 0.05) is 32.6 Å². The van der Waals surface area contributed by atoms with Gasteiger partial charge in [-0.3, -0.25) is 9.59 Å².